The van der Waals surface area contributed by atoms with Crippen molar-refractivity contribution >= 4 is 22.6 Å². The summed E-state index contributed by atoms with van der Waals surface area (Å²) in [4.78, 5) is 23.9. The van der Waals surface area contributed by atoms with Gasteiger partial charge in [0.25, 0.3) is 5.91 Å². The van der Waals surface area contributed by atoms with Crippen LogP contribution in [0.5, 0.6) is 0 Å². The zero-order valence-corrected chi connectivity index (χ0v) is 13.3. The Morgan fingerprint density at radius 3 is 2.40 bits per heavy atom. The number of rotatable bonds is 5. The number of hydrogen-bond donors (Lipinski definition) is 2. The average molecular weight is 350 g/mol. The van der Waals surface area contributed by atoms with Crippen molar-refractivity contribution in [1.29, 1.82) is 0 Å². The third kappa shape index (κ3) is 4.29. The van der Waals surface area contributed by atoms with E-state index < -0.39 is 24.0 Å². The lowest BCUT2D eigenvalue weighted by molar-refractivity contribution is -0.153. The monoisotopic (exact) mass is 350 g/mol. The van der Waals surface area contributed by atoms with Crippen LogP contribution in [0.25, 0.3) is 10.8 Å². The molecule has 0 atom stereocenters. The lowest BCUT2D eigenvalue weighted by atomic mass is 10.0. The zero-order chi connectivity index (χ0) is 18.1. The molecule has 0 unspecified atom stereocenters. The van der Waals surface area contributed by atoms with E-state index in [0.29, 0.717) is 18.4 Å². The largest absolute Gasteiger partial charge is 0.397 e. The number of alkyl halides is 3. The highest BCUT2D eigenvalue weighted by Gasteiger charge is 2.45. The van der Waals surface area contributed by atoms with Gasteiger partial charge in [0.2, 0.25) is 5.91 Å². The van der Waals surface area contributed by atoms with E-state index in [9.17, 15) is 22.8 Å². The number of hydrogen-bond acceptors (Lipinski definition) is 2. The molecular weight excluding hydrogens is 333 g/mol. The lowest BCUT2D eigenvalue weighted by Gasteiger charge is -2.19. The first-order valence-corrected chi connectivity index (χ1v) is 7.92. The molecule has 25 heavy (non-hydrogen) atoms. The molecule has 0 saturated heterocycles. The summed E-state index contributed by atoms with van der Waals surface area (Å²) in [6, 6.07) is 12.8. The van der Waals surface area contributed by atoms with Gasteiger partial charge >= 0.3 is 6.18 Å². The summed E-state index contributed by atoms with van der Waals surface area (Å²) in [5.41, 5.74) is -0.152. The van der Waals surface area contributed by atoms with Crippen molar-refractivity contribution in [2.24, 2.45) is 0 Å². The smallest absolute Gasteiger partial charge is 0.353 e. The van der Waals surface area contributed by atoms with Gasteiger partial charge in [0.1, 0.15) is 6.42 Å². The van der Waals surface area contributed by atoms with E-state index in [-0.39, 0.29) is 12.5 Å². The normalized spacial score (nSPS) is 15.6. The van der Waals surface area contributed by atoms with Gasteiger partial charge in [-0.25, -0.2) is 0 Å². The molecule has 132 valence electrons. The van der Waals surface area contributed by atoms with Gasteiger partial charge < -0.3 is 10.6 Å². The number of nitrogens with one attached hydrogen (secondary N) is 2. The number of carbonyl (C=O) groups is 2. The fourth-order valence-corrected chi connectivity index (χ4v) is 2.74. The molecule has 2 aromatic rings. The quantitative estimate of drug-likeness (QED) is 0.870. The highest BCUT2D eigenvalue weighted by Crippen LogP contribution is 2.35. The molecule has 0 spiro atoms. The van der Waals surface area contributed by atoms with Crippen molar-refractivity contribution in [3.05, 3.63) is 48.0 Å². The fourth-order valence-electron chi connectivity index (χ4n) is 2.74. The van der Waals surface area contributed by atoms with Gasteiger partial charge in [-0.1, -0.05) is 36.4 Å². The van der Waals surface area contributed by atoms with Crippen molar-refractivity contribution < 1.29 is 22.8 Å². The molecule has 2 N–H and O–H groups in total. The summed E-state index contributed by atoms with van der Waals surface area (Å²) in [7, 11) is 0. The second-order valence-corrected chi connectivity index (χ2v) is 6.33. The highest BCUT2D eigenvalue weighted by atomic mass is 19.4. The predicted octanol–water partition coefficient (Wildman–Crippen LogP) is 3.17. The van der Waals surface area contributed by atoms with Crippen LogP contribution in [0, 0.1) is 0 Å². The minimum absolute atomic E-state index is 0.00157. The van der Waals surface area contributed by atoms with Gasteiger partial charge in [0.15, 0.2) is 0 Å². The van der Waals surface area contributed by atoms with Crippen LogP contribution in [0.4, 0.5) is 13.2 Å². The minimum Gasteiger partial charge on any atom is -0.353 e. The first-order valence-electron chi connectivity index (χ1n) is 7.92. The molecule has 4 nitrogen and oxygen atoms in total. The average Bonchev–Trinajstić information content (AvgIpc) is 3.31. The molecule has 3 rings (SSSR count). The van der Waals surface area contributed by atoms with Crippen LogP contribution in [-0.4, -0.2) is 30.1 Å². The van der Waals surface area contributed by atoms with Crippen molar-refractivity contribution in [3.63, 3.8) is 0 Å². The Balaban J connectivity index is 1.65. The number of halogens is 3. The number of fused-ring (bicyclic) bond motifs is 1. The Morgan fingerprint density at radius 1 is 1.04 bits per heavy atom. The first kappa shape index (κ1) is 17.3. The molecule has 1 aliphatic carbocycles. The van der Waals surface area contributed by atoms with Crippen LogP contribution >= 0.6 is 0 Å². The molecule has 1 aliphatic rings. The topological polar surface area (TPSA) is 58.2 Å². The Morgan fingerprint density at radius 2 is 1.72 bits per heavy atom. The van der Waals surface area contributed by atoms with Gasteiger partial charge in [-0.15, -0.1) is 0 Å². The van der Waals surface area contributed by atoms with E-state index in [2.05, 4.69) is 10.6 Å². The Labute approximate surface area is 142 Å². The number of carbonyl (C=O) groups excluding carboxylic acids is 2. The molecule has 7 heteroatoms. The van der Waals surface area contributed by atoms with Crippen LogP contribution in [0.1, 0.15) is 29.6 Å². The van der Waals surface area contributed by atoms with Gasteiger partial charge in [0.05, 0.1) is 5.54 Å². The van der Waals surface area contributed by atoms with E-state index in [4.69, 9.17) is 0 Å². The maximum absolute atomic E-state index is 12.6. The molecule has 2 aromatic carbocycles. The van der Waals surface area contributed by atoms with Crippen LogP contribution in [0.2, 0.25) is 0 Å². The van der Waals surface area contributed by atoms with Crippen LogP contribution in [0.15, 0.2) is 42.5 Å². The second-order valence-electron chi connectivity index (χ2n) is 6.33. The Kier molecular flexibility index (Phi) is 4.41. The van der Waals surface area contributed by atoms with E-state index in [0.717, 1.165) is 10.8 Å². The van der Waals surface area contributed by atoms with E-state index >= 15 is 0 Å². The van der Waals surface area contributed by atoms with Gasteiger partial charge in [-0.05, 0) is 29.7 Å². The standard InChI is InChI=1S/C18H17F3N2O2/c19-18(20,21)10-15(24)22-11-17(8-9-17)23-16(25)14-7-3-5-12-4-1-2-6-13(12)14/h1-7H,8-11H2,(H,22,24)(H,23,25). The molecule has 2 amide bonds. The summed E-state index contributed by atoms with van der Waals surface area (Å²) < 4.78 is 36.6. The van der Waals surface area contributed by atoms with Crippen molar-refractivity contribution in [3.8, 4) is 0 Å². The molecular formula is C18H17F3N2O2. The maximum Gasteiger partial charge on any atom is 0.397 e. The molecule has 0 heterocycles. The zero-order valence-electron chi connectivity index (χ0n) is 13.3. The third-order valence-electron chi connectivity index (χ3n) is 4.25. The summed E-state index contributed by atoms with van der Waals surface area (Å²) >= 11 is 0. The lowest BCUT2D eigenvalue weighted by Crippen LogP contribution is -2.46. The van der Waals surface area contributed by atoms with Crippen LogP contribution in [-0.2, 0) is 4.79 Å². The summed E-state index contributed by atoms with van der Waals surface area (Å²) in [6.45, 7) is -0.00157. The number of benzene rings is 2. The Bertz CT molecular complexity index is 808. The minimum atomic E-state index is -4.53. The van der Waals surface area contributed by atoms with Crippen molar-refractivity contribution in [2.45, 2.75) is 31.0 Å². The van der Waals surface area contributed by atoms with E-state index in [1.165, 1.54) is 0 Å². The Hall–Kier alpha value is -2.57. The summed E-state index contributed by atoms with van der Waals surface area (Å²) in [6.07, 6.45) is -4.81. The molecule has 0 bridgehead atoms. The molecule has 0 aromatic heterocycles. The van der Waals surface area contributed by atoms with Gasteiger partial charge in [0, 0.05) is 12.1 Å². The van der Waals surface area contributed by atoms with Crippen LogP contribution in [0.3, 0.4) is 0 Å². The SMILES string of the molecule is O=C(CC(F)(F)F)NCC1(NC(=O)c2cccc3ccccc23)CC1. The number of amides is 2. The molecule has 1 saturated carbocycles. The third-order valence-corrected chi connectivity index (χ3v) is 4.25. The van der Waals surface area contributed by atoms with Crippen molar-refractivity contribution in [1.82, 2.24) is 10.6 Å². The van der Waals surface area contributed by atoms with E-state index in [1.807, 2.05) is 30.3 Å². The summed E-state index contributed by atoms with van der Waals surface area (Å²) in [5.74, 6) is -1.38. The second kappa shape index (κ2) is 6.38. The van der Waals surface area contributed by atoms with E-state index in [1.54, 1.807) is 12.1 Å². The highest BCUT2D eigenvalue weighted by molar-refractivity contribution is 6.07. The maximum atomic E-state index is 12.6. The molecule has 0 radical (unpaired) electrons. The molecule has 0 aliphatic heterocycles. The van der Waals surface area contributed by atoms with Crippen LogP contribution < -0.4 is 10.6 Å². The van der Waals surface area contributed by atoms with Crippen molar-refractivity contribution in [2.75, 3.05) is 6.54 Å². The predicted molar refractivity (Wildman–Crippen MR) is 87.1 cm³/mol. The molecule has 1 fully saturated rings. The fraction of sp³-hybridized carbons (Fsp3) is 0.333. The van der Waals surface area contributed by atoms with Gasteiger partial charge in [-0.2, -0.15) is 13.2 Å². The first-order chi connectivity index (χ1) is 11.8. The van der Waals surface area contributed by atoms with Gasteiger partial charge in [-0.3, -0.25) is 9.59 Å². The summed E-state index contributed by atoms with van der Waals surface area (Å²) in [5, 5.41) is 6.86.